The van der Waals surface area contributed by atoms with Crippen molar-refractivity contribution in [3.63, 3.8) is 0 Å². The van der Waals surface area contributed by atoms with Crippen LogP contribution in [-0.2, 0) is 0 Å². The zero-order valence-electron chi connectivity index (χ0n) is 10.8. The first-order valence-electron chi connectivity index (χ1n) is 6.45. The van der Waals surface area contributed by atoms with Crippen LogP contribution in [0.3, 0.4) is 0 Å². The predicted octanol–water partition coefficient (Wildman–Crippen LogP) is 0.436. The van der Waals surface area contributed by atoms with E-state index < -0.39 is 0 Å². The second-order valence-electron chi connectivity index (χ2n) is 4.74. The molecular formula is C13H18N4O2. The van der Waals surface area contributed by atoms with Crippen molar-refractivity contribution in [2.75, 3.05) is 0 Å². The summed E-state index contributed by atoms with van der Waals surface area (Å²) in [5.74, 6) is 0. The molecule has 0 unspecified atom stereocenters. The van der Waals surface area contributed by atoms with E-state index in [-0.39, 0.29) is 12.1 Å². The summed E-state index contributed by atoms with van der Waals surface area (Å²) < 4.78 is 1.38. The first kappa shape index (κ1) is 13.3. The average molecular weight is 262 g/mol. The van der Waals surface area contributed by atoms with E-state index in [4.69, 9.17) is 0 Å². The molecule has 1 saturated carbocycles. The minimum atomic E-state index is -0.187. The van der Waals surface area contributed by atoms with Gasteiger partial charge in [0, 0.05) is 12.2 Å². The fraction of sp³-hybridized carbons (Fsp3) is 0.462. The van der Waals surface area contributed by atoms with Crippen molar-refractivity contribution in [1.82, 2.24) is 14.9 Å². The quantitative estimate of drug-likeness (QED) is 0.471. The van der Waals surface area contributed by atoms with Crippen LogP contribution in [0.1, 0.15) is 37.8 Å². The van der Waals surface area contributed by atoms with Gasteiger partial charge in [-0.25, -0.2) is 14.9 Å². The fourth-order valence-corrected chi connectivity index (χ4v) is 2.24. The molecule has 0 saturated heterocycles. The number of aromatic nitrogens is 2. The Morgan fingerprint density at radius 2 is 2.26 bits per heavy atom. The summed E-state index contributed by atoms with van der Waals surface area (Å²) in [7, 11) is 0. The fourth-order valence-electron chi connectivity index (χ4n) is 2.24. The molecule has 1 aromatic heterocycles. The number of amides is 1. The molecular weight excluding hydrogens is 244 g/mol. The molecule has 1 fully saturated rings. The maximum atomic E-state index is 12.0. The van der Waals surface area contributed by atoms with Crippen molar-refractivity contribution in [1.29, 1.82) is 0 Å². The van der Waals surface area contributed by atoms with Crippen LogP contribution in [-0.4, -0.2) is 27.8 Å². The van der Waals surface area contributed by atoms with Gasteiger partial charge in [-0.05, 0) is 12.8 Å². The lowest BCUT2D eigenvalue weighted by molar-refractivity contribution is -0.365. The van der Waals surface area contributed by atoms with Crippen molar-refractivity contribution in [2.24, 2.45) is 0 Å². The van der Waals surface area contributed by atoms with Crippen LogP contribution >= 0.6 is 0 Å². The summed E-state index contributed by atoms with van der Waals surface area (Å²) in [4.78, 5) is 16.0. The smallest absolute Gasteiger partial charge is 0.327 e. The highest BCUT2D eigenvalue weighted by molar-refractivity contribution is 6.05. The molecule has 2 N–H and O–H groups in total. The van der Waals surface area contributed by atoms with Gasteiger partial charge in [-0.3, -0.25) is 4.57 Å². The Hall–Kier alpha value is -2.11. The second-order valence-corrected chi connectivity index (χ2v) is 4.74. The number of carbonyl (C=O) groups excluding carboxylic acids is 1. The molecule has 102 valence electrons. The Morgan fingerprint density at radius 1 is 1.53 bits per heavy atom. The van der Waals surface area contributed by atoms with Gasteiger partial charge in [0.1, 0.15) is 6.33 Å². The van der Waals surface area contributed by atoms with Crippen LogP contribution in [0, 0.1) is 5.21 Å². The molecule has 6 nitrogen and oxygen atoms in total. The van der Waals surface area contributed by atoms with Crippen LogP contribution in [0.25, 0.3) is 5.57 Å². The van der Waals surface area contributed by atoms with Gasteiger partial charge in [-0.2, -0.15) is 0 Å². The van der Waals surface area contributed by atoms with Gasteiger partial charge in [0.25, 0.3) is 0 Å². The molecule has 1 aromatic rings. The van der Waals surface area contributed by atoms with Crippen molar-refractivity contribution in [2.45, 2.75) is 38.1 Å². The molecule has 0 atom stereocenters. The summed E-state index contributed by atoms with van der Waals surface area (Å²) >= 11 is 0. The maximum absolute atomic E-state index is 12.0. The molecule has 1 heterocycles. The summed E-state index contributed by atoms with van der Waals surface area (Å²) in [6.07, 6.45) is 9.85. The second kappa shape index (κ2) is 6.17. The van der Waals surface area contributed by atoms with Gasteiger partial charge in [-0.15, -0.1) is 0 Å². The molecule has 0 spiro atoms. The van der Waals surface area contributed by atoms with Crippen LogP contribution in [0.2, 0.25) is 0 Å². The van der Waals surface area contributed by atoms with Crippen molar-refractivity contribution < 1.29 is 9.95 Å². The number of imidazole rings is 1. The lowest BCUT2D eigenvalue weighted by Gasteiger charge is -2.22. The Kier molecular flexibility index (Phi) is 4.33. The summed E-state index contributed by atoms with van der Waals surface area (Å²) in [6.45, 7) is 3.68. The minimum Gasteiger partial charge on any atom is -0.625 e. The molecule has 0 radical (unpaired) electrons. The number of hydrogen-bond acceptors (Lipinski definition) is 3. The monoisotopic (exact) mass is 262 g/mol. The van der Waals surface area contributed by atoms with Crippen LogP contribution in [0.4, 0.5) is 4.79 Å². The first-order valence-corrected chi connectivity index (χ1v) is 6.45. The van der Waals surface area contributed by atoms with Crippen molar-refractivity contribution in [3.05, 3.63) is 30.0 Å². The first-order chi connectivity index (χ1) is 9.20. The highest BCUT2D eigenvalue weighted by Gasteiger charge is 2.17. The van der Waals surface area contributed by atoms with E-state index in [1.165, 1.54) is 36.4 Å². The summed E-state index contributed by atoms with van der Waals surface area (Å²) in [5.41, 5.74) is 0.946. The van der Waals surface area contributed by atoms with Gasteiger partial charge in [0.2, 0.25) is 0 Å². The summed E-state index contributed by atoms with van der Waals surface area (Å²) in [6, 6.07) is 0.0682. The highest BCUT2D eigenvalue weighted by Crippen LogP contribution is 2.17. The van der Waals surface area contributed by atoms with E-state index in [2.05, 4.69) is 16.9 Å². The Bertz CT molecular complexity index is 487. The number of nitrogens with one attached hydrogen (secondary N) is 2. The van der Waals surface area contributed by atoms with Gasteiger partial charge < -0.3 is 10.5 Å². The van der Waals surface area contributed by atoms with Crippen molar-refractivity contribution >= 4 is 17.8 Å². The highest BCUT2D eigenvalue weighted by atomic mass is 16.4. The molecule has 1 aliphatic carbocycles. The third kappa shape index (κ3) is 3.43. The lowest BCUT2D eigenvalue weighted by atomic mass is 9.96. The third-order valence-electron chi connectivity index (χ3n) is 3.31. The number of hydrogen-bond donors (Lipinski definition) is 2. The van der Waals surface area contributed by atoms with Gasteiger partial charge >= 0.3 is 6.03 Å². The Labute approximate surface area is 111 Å². The van der Waals surface area contributed by atoms with Crippen LogP contribution in [0.5, 0.6) is 0 Å². The molecule has 6 heteroatoms. The topological polar surface area (TPSA) is 84.0 Å². The molecule has 0 aliphatic heterocycles. The number of allylic oxidation sites excluding steroid dienone is 1. The number of rotatable bonds is 3. The summed E-state index contributed by atoms with van der Waals surface area (Å²) in [5, 5.41) is 14.9. The molecule has 19 heavy (non-hydrogen) atoms. The average Bonchev–Trinajstić information content (AvgIpc) is 2.90. The van der Waals surface area contributed by atoms with E-state index in [0.717, 1.165) is 12.8 Å². The Balaban J connectivity index is 1.97. The zero-order chi connectivity index (χ0) is 13.7. The standard InChI is InChI=1S/C13H18N4O2/c1-10(7-15-19)12-8-17(9-14-12)13(18)16-11-5-3-2-4-6-11/h7-9,11,15H,1-6H2,(H-,16,18,19)/b15-7+. The molecule has 0 aromatic carbocycles. The number of carbonyl (C=O) groups is 1. The SMILES string of the molecule is C=C(/C=[NH+]/[O-])c1cn(C(=O)NC2CCCCC2)cn1. The van der Waals surface area contributed by atoms with E-state index in [9.17, 15) is 10.0 Å². The van der Waals surface area contributed by atoms with E-state index in [1.807, 2.05) is 0 Å². The van der Waals surface area contributed by atoms with E-state index in [1.54, 1.807) is 11.4 Å². The van der Waals surface area contributed by atoms with Crippen LogP contribution in [0.15, 0.2) is 19.1 Å². The number of nitrogens with zero attached hydrogens (tertiary/aromatic N) is 2. The van der Waals surface area contributed by atoms with Gasteiger partial charge in [0.15, 0.2) is 6.21 Å². The molecule has 1 amide bonds. The Morgan fingerprint density at radius 3 is 2.95 bits per heavy atom. The van der Waals surface area contributed by atoms with Crippen molar-refractivity contribution in [3.8, 4) is 0 Å². The van der Waals surface area contributed by atoms with E-state index in [0.29, 0.717) is 11.3 Å². The molecule has 0 bridgehead atoms. The molecule has 1 aliphatic rings. The normalized spacial score (nSPS) is 16.6. The minimum absolute atomic E-state index is 0.187. The largest absolute Gasteiger partial charge is 0.625 e. The van der Waals surface area contributed by atoms with Crippen LogP contribution < -0.4 is 10.5 Å². The van der Waals surface area contributed by atoms with E-state index >= 15 is 0 Å². The maximum Gasteiger partial charge on any atom is 0.327 e. The lowest BCUT2D eigenvalue weighted by Crippen LogP contribution is -2.60. The third-order valence-corrected chi connectivity index (χ3v) is 3.31. The van der Waals surface area contributed by atoms with Gasteiger partial charge in [-0.1, -0.05) is 25.8 Å². The van der Waals surface area contributed by atoms with Gasteiger partial charge in [0.05, 0.1) is 11.3 Å². The zero-order valence-corrected chi connectivity index (χ0v) is 10.8. The predicted molar refractivity (Wildman–Crippen MR) is 72.5 cm³/mol. The molecule has 2 rings (SSSR count).